The molecule has 2 rings (SSSR count). The van der Waals surface area contributed by atoms with Gasteiger partial charge in [-0.25, -0.2) is 4.98 Å². The third-order valence-corrected chi connectivity index (χ3v) is 2.78. The van der Waals surface area contributed by atoms with Crippen LogP contribution in [0.2, 0.25) is 0 Å². The molecule has 0 unspecified atom stereocenters. The molecule has 0 saturated heterocycles. The highest BCUT2D eigenvalue weighted by Gasteiger charge is 2.11. The Morgan fingerprint density at radius 2 is 1.86 bits per heavy atom. The number of nitrogens with zero attached hydrogens (tertiary/aromatic N) is 2. The summed E-state index contributed by atoms with van der Waals surface area (Å²) >= 11 is 0. The number of anilines is 1. The average Bonchev–Trinajstić information content (AvgIpc) is 2.54. The third kappa shape index (κ3) is 4.08. The van der Waals surface area contributed by atoms with Gasteiger partial charge in [-0.05, 0) is 17.7 Å². The molecular formula is C15H17N3O4. The highest BCUT2D eigenvalue weighted by Crippen LogP contribution is 2.23. The summed E-state index contributed by atoms with van der Waals surface area (Å²) in [7, 11) is 3.06. The Balaban J connectivity index is 2.04. The fourth-order valence-electron chi connectivity index (χ4n) is 1.72. The number of nitrogens with one attached hydrogen (secondary N) is 1. The maximum Gasteiger partial charge on any atom is 0.309 e. The van der Waals surface area contributed by atoms with Gasteiger partial charge in [-0.1, -0.05) is 12.1 Å². The van der Waals surface area contributed by atoms with Gasteiger partial charge in [0.15, 0.2) is 0 Å². The second-order valence-corrected chi connectivity index (χ2v) is 4.36. The number of hydrogen-bond acceptors (Lipinski definition) is 7. The van der Waals surface area contributed by atoms with Crippen LogP contribution in [0.25, 0.3) is 0 Å². The lowest BCUT2D eigenvalue weighted by molar-refractivity contribution is -0.132. The van der Waals surface area contributed by atoms with Crippen LogP contribution < -0.4 is 19.5 Å². The van der Waals surface area contributed by atoms with Crippen molar-refractivity contribution in [3.05, 3.63) is 36.0 Å². The summed E-state index contributed by atoms with van der Waals surface area (Å²) in [5.74, 6) is 1.03. The van der Waals surface area contributed by atoms with Crippen LogP contribution in [0.3, 0.4) is 0 Å². The lowest BCUT2D eigenvalue weighted by Gasteiger charge is -2.09. The molecule has 1 N–H and O–H groups in total. The molecule has 7 nitrogen and oxygen atoms in total. The fourth-order valence-corrected chi connectivity index (χ4v) is 1.72. The van der Waals surface area contributed by atoms with E-state index in [9.17, 15) is 4.79 Å². The van der Waals surface area contributed by atoms with Crippen molar-refractivity contribution in [2.45, 2.75) is 13.5 Å². The summed E-state index contributed by atoms with van der Waals surface area (Å²) in [6.07, 6.45) is 1.48. The van der Waals surface area contributed by atoms with Crippen molar-refractivity contribution < 1.29 is 19.0 Å². The number of rotatable bonds is 6. The van der Waals surface area contributed by atoms with Crippen LogP contribution in [-0.4, -0.2) is 30.2 Å². The minimum absolute atomic E-state index is 0.0463. The first kappa shape index (κ1) is 15.6. The number of carbonyl (C=O) groups is 1. The number of carbonyl (C=O) groups excluding carboxylic acids is 1. The molecule has 0 amide bonds. The Bertz CT molecular complexity index is 644. The first-order valence-corrected chi connectivity index (χ1v) is 6.58. The Labute approximate surface area is 128 Å². The van der Waals surface area contributed by atoms with E-state index in [1.165, 1.54) is 20.2 Å². The van der Waals surface area contributed by atoms with Crippen molar-refractivity contribution in [1.29, 1.82) is 0 Å². The first-order valence-electron chi connectivity index (χ1n) is 6.58. The molecule has 0 aliphatic heterocycles. The molecule has 0 saturated carbocycles. The quantitative estimate of drug-likeness (QED) is 0.817. The van der Waals surface area contributed by atoms with Gasteiger partial charge in [0.25, 0.3) is 11.8 Å². The molecule has 116 valence electrons. The average molecular weight is 303 g/mol. The standard InChI is InChI=1S/C15H17N3O4/c1-10(19)22-14-15(21-3)18-13(9-17-14)16-8-11-4-6-12(20-2)7-5-11/h4-7,9H,8H2,1-3H3,(H,16,18). The SMILES string of the molecule is COc1ccc(CNc2cnc(OC(C)=O)c(OC)n2)cc1. The molecule has 2 aromatic rings. The zero-order valence-electron chi connectivity index (χ0n) is 12.6. The number of aromatic nitrogens is 2. The van der Waals surface area contributed by atoms with Gasteiger partial charge in [0.2, 0.25) is 0 Å². The number of esters is 1. The Kier molecular flexibility index (Phi) is 5.13. The van der Waals surface area contributed by atoms with E-state index in [2.05, 4.69) is 15.3 Å². The van der Waals surface area contributed by atoms with Crippen LogP contribution >= 0.6 is 0 Å². The molecule has 1 heterocycles. The maximum atomic E-state index is 11.0. The van der Waals surface area contributed by atoms with Crippen LogP contribution in [0.5, 0.6) is 17.5 Å². The highest BCUT2D eigenvalue weighted by molar-refractivity contribution is 5.69. The smallest absolute Gasteiger partial charge is 0.309 e. The van der Waals surface area contributed by atoms with Gasteiger partial charge in [0, 0.05) is 13.5 Å². The third-order valence-electron chi connectivity index (χ3n) is 2.78. The van der Waals surface area contributed by atoms with Crippen molar-refractivity contribution in [3.63, 3.8) is 0 Å². The predicted molar refractivity (Wildman–Crippen MR) is 80.2 cm³/mol. The second kappa shape index (κ2) is 7.26. The molecule has 7 heteroatoms. The monoisotopic (exact) mass is 303 g/mol. The van der Waals surface area contributed by atoms with E-state index >= 15 is 0 Å². The van der Waals surface area contributed by atoms with E-state index in [0.29, 0.717) is 12.4 Å². The molecule has 0 spiro atoms. The summed E-state index contributed by atoms with van der Waals surface area (Å²) < 4.78 is 15.1. The van der Waals surface area contributed by atoms with Gasteiger partial charge in [-0.3, -0.25) is 4.79 Å². The Morgan fingerprint density at radius 1 is 1.14 bits per heavy atom. The molecule has 0 aliphatic rings. The maximum absolute atomic E-state index is 11.0. The lowest BCUT2D eigenvalue weighted by Crippen LogP contribution is -2.08. The molecule has 0 bridgehead atoms. The number of benzene rings is 1. The Hall–Kier alpha value is -2.83. The number of ether oxygens (including phenoxy) is 3. The zero-order chi connectivity index (χ0) is 15.9. The number of methoxy groups -OCH3 is 2. The molecular weight excluding hydrogens is 286 g/mol. The topological polar surface area (TPSA) is 82.6 Å². The van der Waals surface area contributed by atoms with Crippen LogP contribution in [0.15, 0.2) is 30.5 Å². The van der Waals surface area contributed by atoms with Crippen LogP contribution in [0.4, 0.5) is 5.82 Å². The van der Waals surface area contributed by atoms with Crippen molar-refractivity contribution in [2.75, 3.05) is 19.5 Å². The van der Waals surface area contributed by atoms with Crippen molar-refractivity contribution in [2.24, 2.45) is 0 Å². The molecule has 1 aromatic heterocycles. The second-order valence-electron chi connectivity index (χ2n) is 4.36. The van der Waals surface area contributed by atoms with E-state index in [1.54, 1.807) is 7.11 Å². The lowest BCUT2D eigenvalue weighted by atomic mass is 10.2. The summed E-state index contributed by atoms with van der Waals surface area (Å²) in [5.41, 5.74) is 1.06. The van der Waals surface area contributed by atoms with E-state index in [-0.39, 0.29) is 11.8 Å². The molecule has 0 atom stereocenters. The van der Waals surface area contributed by atoms with Crippen LogP contribution in [0, 0.1) is 0 Å². The minimum Gasteiger partial charge on any atom is -0.497 e. The van der Waals surface area contributed by atoms with Gasteiger partial charge in [0.1, 0.15) is 11.6 Å². The van der Waals surface area contributed by atoms with Gasteiger partial charge < -0.3 is 19.5 Å². The van der Waals surface area contributed by atoms with Crippen molar-refractivity contribution >= 4 is 11.8 Å². The summed E-state index contributed by atoms with van der Waals surface area (Å²) in [6, 6.07) is 7.66. The van der Waals surface area contributed by atoms with Gasteiger partial charge in [0.05, 0.1) is 20.4 Å². The summed E-state index contributed by atoms with van der Waals surface area (Å²) in [6.45, 7) is 1.85. The van der Waals surface area contributed by atoms with Crippen LogP contribution in [0.1, 0.15) is 12.5 Å². The van der Waals surface area contributed by atoms with E-state index < -0.39 is 5.97 Å². The highest BCUT2D eigenvalue weighted by atomic mass is 16.6. The summed E-state index contributed by atoms with van der Waals surface area (Å²) in [4.78, 5) is 19.2. The van der Waals surface area contributed by atoms with Gasteiger partial charge in [-0.15, -0.1) is 0 Å². The van der Waals surface area contributed by atoms with E-state index in [1.807, 2.05) is 24.3 Å². The van der Waals surface area contributed by atoms with E-state index in [4.69, 9.17) is 14.2 Å². The van der Waals surface area contributed by atoms with Gasteiger partial charge in [-0.2, -0.15) is 4.98 Å². The molecule has 0 aliphatic carbocycles. The summed E-state index contributed by atoms with van der Waals surface area (Å²) in [5, 5.41) is 3.12. The van der Waals surface area contributed by atoms with E-state index in [0.717, 1.165) is 11.3 Å². The molecule has 1 aromatic carbocycles. The zero-order valence-corrected chi connectivity index (χ0v) is 12.6. The van der Waals surface area contributed by atoms with Gasteiger partial charge >= 0.3 is 5.97 Å². The van der Waals surface area contributed by atoms with Crippen molar-refractivity contribution in [3.8, 4) is 17.5 Å². The van der Waals surface area contributed by atoms with Crippen molar-refractivity contribution in [1.82, 2.24) is 9.97 Å². The normalized spacial score (nSPS) is 9.95. The first-order chi connectivity index (χ1) is 10.6. The molecule has 0 radical (unpaired) electrons. The van der Waals surface area contributed by atoms with Crippen LogP contribution in [-0.2, 0) is 11.3 Å². The molecule has 22 heavy (non-hydrogen) atoms. The largest absolute Gasteiger partial charge is 0.497 e. The minimum atomic E-state index is -0.480. The number of hydrogen-bond donors (Lipinski definition) is 1. The predicted octanol–water partition coefficient (Wildman–Crippen LogP) is 2.03. The fraction of sp³-hybridized carbons (Fsp3) is 0.267. The molecule has 0 fully saturated rings. The Morgan fingerprint density at radius 3 is 2.45 bits per heavy atom.